The van der Waals surface area contributed by atoms with Gasteiger partial charge in [0.25, 0.3) is 0 Å². The van der Waals surface area contributed by atoms with Gasteiger partial charge in [-0.25, -0.2) is 18.2 Å². The Bertz CT molecular complexity index is 875. The highest BCUT2D eigenvalue weighted by Gasteiger charge is 2.51. The SMILES string of the molecule is Fc1cc(Cl)c2nc(CN3CC4(C3)CN(CC3CCC(F)(F)CC3)C4)[nH]c2c1. The number of imidazole rings is 1. The van der Waals surface area contributed by atoms with Gasteiger partial charge >= 0.3 is 0 Å². The van der Waals surface area contributed by atoms with E-state index < -0.39 is 5.92 Å². The minimum Gasteiger partial charge on any atom is -0.341 e. The largest absolute Gasteiger partial charge is 0.341 e. The number of aromatic amines is 1. The number of nitrogens with zero attached hydrogens (tertiary/aromatic N) is 3. The molecule has 2 saturated heterocycles. The van der Waals surface area contributed by atoms with Gasteiger partial charge < -0.3 is 9.88 Å². The molecular weight excluding hydrogens is 389 g/mol. The van der Waals surface area contributed by atoms with Gasteiger partial charge in [-0.3, -0.25) is 4.90 Å². The lowest BCUT2D eigenvalue weighted by Gasteiger charge is -2.61. The highest BCUT2D eigenvalue weighted by molar-refractivity contribution is 6.34. The second-order valence-electron chi connectivity index (χ2n) is 9.08. The fraction of sp³-hybridized carbons (Fsp3) is 0.650. The maximum absolute atomic E-state index is 13.5. The fourth-order valence-corrected chi connectivity index (χ4v) is 5.52. The fourth-order valence-electron chi connectivity index (χ4n) is 5.27. The molecule has 2 aliphatic heterocycles. The van der Waals surface area contributed by atoms with Crippen LogP contribution in [0.4, 0.5) is 13.2 Å². The molecule has 1 N–H and O–H groups in total. The minimum atomic E-state index is -2.44. The van der Waals surface area contributed by atoms with Crippen molar-refractivity contribution in [1.82, 2.24) is 19.8 Å². The van der Waals surface area contributed by atoms with E-state index in [2.05, 4.69) is 19.8 Å². The van der Waals surface area contributed by atoms with Gasteiger partial charge in [0.15, 0.2) is 0 Å². The van der Waals surface area contributed by atoms with Crippen LogP contribution in [0.25, 0.3) is 11.0 Å². The molecule has 0 radical (unpaired) electrons. The van der Waals surface area contributed by atoms with Crippen LogP contribution in [-0.4, -0.2) is 58.4 Å². The summed E-state index contributed by atoms with van der Waals surface area (Å²) >= 11 is 6.07. The van der Waals surface area contributed by atoms with Crippen molar-refractivity contribution in [3.63, 3.8) is 0 Å². The van der Waals surface area contributed by atoms with Crippen LogP contribution in [0, 0.1) is 17.2 Å². The van der Waals surface area contributed by atoms with Gasteiger partial charge in [-0.2, -0.15) is 0 Å². The molecule has 1 aromatic carbocycles. The van der Waals surface area contributed by atoms with Crippen molar-refractivity contribution in [3.8, 4) is 0 Å². The van der Waals surface area contributed by atoms with E-state index in [1.54, 1.807) is 0 Å². The third-order valence-corrected chi connectivity index (χ3v) is 6.80. The van der Waals surface area contributed by atoms with Gasteiger partial charge in [0.2, 0.25) is 5.92 Å². The highest BCUT2D eigenvalue weighted by Crippen LogP contribution is 2.42. The van der Waals surface area contributed by atoms with Crippen LogP contribution in [0.2, 0.25) is 5.02 Å². The van der Waals surface area contributed by atoms with Gasteiger partial charge in [-0.1, -0.05) is 11.6 Å². The average molecular weight is 413 g/mol. The quantitative estimate of drug-likeness (QED) is 0.813. The molecule has 0 unspecified atom stereocenters. The van der Waals surface area contributed by atoms with Crippen LogP contribution < -0.4 is 0 Å². The molecule has 1 spiro atoms. The van der Waals surface area contributed by atoms with E-state index in [-0.39, 0.29) is 18.7 Å². The number of benzene rings is 1. The first-order valence-corrected chi connectivity index (χ1v) is 10.3. The van der Waals surface area contributed by atoms with Crippen LogP contribution in [0.1, 0.15) is 31.5 Å². The third-order valence-electron chi connectivity index (χ3n) is 6.52. The molecule has 0 bridgehead atoms. The lowest BCUT2D eigenvalue weighted by atomic mass is 9.72. The molecule has 4 nitrogen and oxygen atoms in total. The van der Waals surface area contributed by atoms with Crippen molar-refractivity contribution in [1.29, 1.82) is 0 Å². The number of rotatable bonds is 4. The highest BCUT2D eigenvalue weighted by atomic mass is 35.5. The van der Waals surface area contributed by atoms with Crippen LogP contribution in [0.5, 0.6) is 0 Å². The summed E-state index contributed by atoms with van der Waals surface area (Å²) in [5.74, 6) is -1.58. The molecule has 2 aromatic rings. The molecular formula is C20H24ClF3N4. The van der Waals surface area contributed by atoms with Crippen molar-refractivity contribution in [2.75, 3.05) is 32.7 Å². The zero-order valence-electron chi connectivity index (χ0n) is 15.7. The normalized spacial score (nSPS) is 25.1. The lowest BCUT2D eigenvalue weighted by molar-refractivity contribution is -0.127. The number of hydrogen-bond donors (Lipinski definition) is 1. The molecule has 1 saturated carbocycles. The first-order chi connectivity index (χ1) is 13.3. The van der Waals surface area contributed by atoms with Crippen molar-refractivity contribution in [2.24, 2.45) is 11.3 Å². The molecule has 3 aliphatic rings. The first-order valence-electron chi connectivity index (χ1n) is 9.95. The van der Waals surface area contributed by atoms with Crippen LogP contribution in [0.3, 0.4) is 0 Å². The van der Waals surface area contributed by atoms with E-state index in [0.717, 1.165) is 38.5 Å². The Balaban J connectivity index is 1.10. The van der Waals surface area contributed by atoms with E-state index in [4.69, 9.17) is 11.6 Å². The van der Waals surface area contributed by atoms with Crippen LogP contribution in [-0.2, 0) is 6.54 Å². The summed E-state index contributed by atoms with van der Waals surface area (Å²) in [5, 5.41) is 0.327. The molecule has 1 aliphatic carbocycles. The summed E-state index contributed by atoms with van der Waals surface area (Å²) in [5.41, 5.74) is 1.60. The Kier molecular flexibility index (Phi) is 4.41. The molecule has 0 amide bonds. The molecule has 3 heterocycles. The zero-order valence-corrected chi connectivity index (χ0v) is 16.4. The summed E-state index contributed by atoms with van der Waals surface area (Å²) in [6, 6.07) is 2.70. The predicted octanol–water partition coefficient (Wildman–Crippen LogP) is 4.30. The number of likely N-dealkylation sites (tertiary alicyclic amines) is 2. The van der Waals surface area contributed by atoms with E-state index in [1.807, 2.05) is 0 Å². The zero-order chi connectivity index (χ0) is 19.5. The number of halogens is 4. The van der Waals surface area contributed by atoms with E-state index in [0.29, 0.717) is 46.8 Å². The summed E-state index contributed by atoms with van der Waals surface area (Å²) < 4.78 is 40.0. The second kappa shape index (κ2) is 6.61. The first kappa shape index (κ1) is 18.7. The average Bonchev–Trinajstić information content (AvgIpc) is 2.95. The molecule has 3 fully saturated rings. The Morgan fingerprint density at radius 2 is 1.79 bits per heavy atom. The van der Waals surface area contributed by atoms with Crippen molar-refractivity contribution < 1.29 is 13.2 Å². The Morgan fingerprint density at radius 1 is 1.11 bits per heavy atom. The number of fused-ring (bicyclic) bond motifs is 1. The van der Waals surface area contributed by atoms with Gasteiger partial charge in [-0.15, -0.1) is 0 Å². The van der Waals surface area contributed by atoms with Crippen molar-refractivity contribution in [2.45, 2.75) is 38.2 Å². The maximum Gasteiger partial charge on any atom is 0.248 e. The molecule has 5 rings (SSSR count). The molecule has 0 atom stereocenters. The summed E-state index contributed by atoms with van der Waals surface area (Å²) in [6.07, 6.45) is 1.40. The monoisotopic (exact) mass is 412 g/mol. The van der Waals surface area contributed by atoms with E-state index >= 15 is 0 Å². The number of H-pyrrole nitrogens is 1. The molecule has 8 heteroatoms. The summed E-state index contributed by atoms with van der Waals surface area (Å²) in [7, 11) is 0. The van der Waals surface area contributed by atoms with Crippen molar-refractivity contribution in [3.05, 3.63) is 28.8 Å². The Morgan fingerprint density at radius 3 is 2.50 bits per heavy atom. The van der Waals surface area contributed by atoms with Gasteiger partial charge in [0, 0.05) is 51.0 Å². The smallest absolute Gasteiger partial charge is 0.248 e. The number of aromatic nitrogens is 2. The number of hydrogen-bond acceptors (Lipinski definition) is 3. The second-order valence-corrected chi connectivity index (χ2v) is 9.49. The van der Waals surface area contributed by atoms with Gasteiger partial charge in [0.05, 0.1) is 17.1 Å². The molecule has 28 heavy (non-hydrogen) atoms. The van der Waals surface area contributed by atoms with Gasteiger partial charge in [0.1, 0.15) is 17.2 Å². The lowest BCUT2D eigenvalue weighted by Crippen LogP contribution is -2.72. The summed E-state index contributed by atoms with van der Waals surface area (Å²) in [4.78, 5) is 12.4. The topological polar surface area (TPSA) is 35.2 Å². The van der Waals surface area contributed by atoms with E-state index in [9.17, 15) is 13.2 Å². The predicted molar refractivity (Wildman–Crippen MR) is 102 cm³/mol. The Hall–Kier alpha value is -1.31. The number of alkyl halides is 2. The third kappa shape index (κ3) is 3.53. The number of nitrogens with one attached hydrogen (secondary N) is 1. The Labute approximate surface area is 167 Å². The van der Waals surface area contributed by atoms with E-state index in [1.165, 1.54) is 12.1 Å². The van der Waals surface area contributed by atoms with Gasteiger partial charge in [-0.05, 0) is 30.9 Å². The minimum absolute atomic E-state index is 0.0514. The maximum atomic E-state index is 13.5. The van der Waals surface area contributed by atoms with Crippen LogP contribution in [0.15, 0.2) is 12.1 Å². The molecule has 152 valence electrons. The summed E-state index contributed by atoms with van der Waals surface area (Å²) in [6.45, 7) is 5.83. The standard InChI is InChI=1S/C20H24ClF3N4/c21-15-5-14(22)6-16-18(15)26-17(25-16)8-28-11-19(12-28)9-27(10-19)7-13-1-3-20(23,24)4-2-13/h5-6,13H,1-4,7-12H2,(H,25,26). The molecule has 1 aromatic heterocycles. The van der Waals surface area contributed by atoms with Crippen LogP contribution >= 0.6 is 11.6 Å². The van der Waals surface area contributed by atoms with Crippen molar-refractivity contribution >= 4 is 22.6 Å².